The van der Waals surface area contributed by atoms with Crippen LogP contribution in [-0.4, -0.2) is 31.3 Å². The van der Waals surface area contributed by atoms with E-state index in [0.717, 1.165) is 26.3 Å². The summed E-state index contributed by atoms with van der Waals surface area (Å²) < 4.78 is 5.36. The third-order valence-electron chi connectivity index (χ3n) is 3.12. The number of thiazole rings is 1. The quantitative estimate of drug-likeness (QED) is 0.728. The Balaban J connectivity index is 1.82. The number of ether oxygens (including phenoxy) is 1. The number of hydrogen-bond acceptors (Lipinski definition) is 4. The molecule has 0 unspecified atom stereocenters. The van der Waals surface area contributed by atoms with Crippen LogP contribution in [0.25, 0.3) is 0 Å². The molecule has 1 aromatic rings. The van der Waals surface area contributed by atoms with Crippen molar-refractivity contribution in [2.24, 2.45) is 0 Å². The second-order valence-corrected chi connectivity index (χ2v) is 5.23. The predicted octanol–water partition coefficient (Wildman–Crippen LogP) is 1.86. The molecule has 82 valence electrons. The van der Waals surface area contributed by atoms with Crippen molar-refractivity contribution in [1.82, 2.24) is 4.98 Å². The van der Waals surface area contributed by atoms with Crippen molar-refractivity contribution in [2.75, 3.05) is 31.2 Å². The van der Waals surface area contributed by atoms with Crippen LogP contribution in [0.15, 0.2) is 0 Å². The number of aromatic nitrogens is 1. The Kier molecular flexibility index (Phi) is 2.63. The van der Waals surface area contributed by atoms with E-state index in [2.05, 4.69) is 4.90 Å². The van der Waals surface area contributed by atoms with Crippen LogP contribution in [0.3, 0.4) is 0 Å². The largest absolute Gasteiger partial charge is 0.378 e. The van der Waals surface area contributed by atoms with Crippen LogP contribution in [-0.2, 0) is 17.6 Å². The van der Waals surface area contributed by atoms with E-state index in [0.29, 0.717) is 0 Å². The third kappa shape index (κ3) is 1.88. The highest BCUT2D eigenvalue weighted by Gasteiger charge is 2.19. The molecule has 0 spiro atoms. The second-order valence-electron chi connectivity index (χ2n) is 4.17. The first-order valence-corrected chi connectivity index (χ1v) is 6.56. The van der Waals surface area contributed by atoms with Crippen molar-refractivity contribution in [1.29, 1.82) is 0 Å². The van der Waals surface area contributed by atoms with E-state index in [1.807, 2.05) is 11.3 Å². The second kappa shape index (κ2) is 4.10. The molecule has 0 saturated carbocycles. The summed E-state index contributed by atoms with van der Waals surface area (Å²) >= 11 is 1.90. The summed E-state index contributed by atoms with van der Waals surface area (Å²) in [4.78, 5) is 8.66. The van der Waals surface area contributed by atoms with Crippen LogP contribution in [0.2, 0.25) is 0 Å². The maximum Gasteiger partial charge on any atom is 0.185 e. The molecule has 2 heterocycles. The van der Waals surface area contributed by atoms with Crippen molar-refractivity contribution in [2.45, 2.75) is 25.7 Å². The average molecular weight is 224 g/mol. The fraction of sp³-hybridized carbons (Fsp3) is 0.727. The Morgan fingerprint density at radius 3 is 2.73 bits per heavy atom. The highest BCUT2D eigenvalue weighted by Crippen LogP contribution is 2.31. The molecule has 1 aromatic heterocycles. The first-order chi connectivity index (χ1) is 7.43. The summed E-state index contributed by atoms with van der Waals surface area (Å²) in [6.07, 6.45) is 5.10. The molecule has 15 heavy (non-hydrogen) atoms. The molecule has 0 bridgehead atoms. The van der Waals surface area contributed by atoms with Crippen LogP contribution in [0, 0.1) is 0 Å². The van der Waals surface area contributed by atoms with E-state index in [9.17, 15) is 0 Å². The van der Waals surface area contributed by atoms with Gasteiger partial charge >= 0.3 is 0 Å². The fourth-order valence-corrected chi connectivity index (χ4v) is 3.43. The van der Waals surface area contributed by atoms with Gasteiger partial charge in [-0.1, -0.05) is 0 Å². The molecule has 2 aliphatic rings. The van der Waals surface area contributed by atoms with Gasteiger partial charge in [-0.3, -0.25) is 0 Å². The third-order valence-corrected chi connectivity index (χ3v) is 4.33. The van der Waals surface area contributed by atoms with Gasteiger partial charge in [0.25, 0.3) is 0 Å². The minimum atomic E-state index is 0.851. The zero-order valence-corrected chi connectivity index (χ0v) is 9.68. The lowest BCUT2D eigenvalue weighted by Gasteiger charge is -2.26. The number of rotatable bonds is 1. The molecule has 4 heteroatoms. The van der Waals surface area contributed by atoms with E-state index in [-0.39, 0.29) is 0 Å². The smallest absolute Gasteiger partial charge is 0.185 e. The van der Waals surface area contributed by atoms with Gasteiger partial charge in [0, 0.05) is 18.0 Å². The van der Waals surface area contributed by atoms with Crippen molar-refractivity contribution in [3.8, 4) is 0 Å². The lowest BCUT2D eigenvalue weighted by molar-refractivity contribution is 0.122. The minimum Gasteiger partial charge on any atom is -0.378 e. The summed E-state index contributed by atoms with van der Waals surface area (Å²) in [5.74, 6) is 0. The van der Waals surface area contributed by atoms with Gasteiger partial charge in [-0.15, -0.1) is 11.3 Å². The molecule has 3 nitrogen and oxygen atoms in total. The zero-order valence-electron chi connectivity index (χ0n) is 8.87. The van der Waals surface area contributed by atoms with E-state index in [4.69, 9.17) is 9.72 Å². The Bertz CT molecular complexity index is 321. The first-order valence-electron chi connectivity index (χ1n) is 5.75. The lowest BCUT2D eigenvalue weighted by Crippen LogP contribution is -2.36. The molecule has 0 atom stereocenters. The van der Waals surface area contributed by atoms with Gasteiger partial charge < -0.3 is 9.64 Å². The number of fused-ring (bicyclic) bond motifs is 1. The standard InChI is InChI=1S/C11H16N2OS/c1-2-4-10-9(3-1)12-11(15-10)13-5-7-14-8-6-13/h1-8H2. The number of hydrogen-bond donors (Lipinski definition) is 0. The number of anilines is 1. The Morgan fingerprint density at radius 1 is 1.13 bits per heavy atom. The molecule has 0 N–H and O–H groups in total. The predicted molar refractivity (Wildman–Crippen MR) is 61.8 cm³/mol. The van der Waals surface area contributed by atoms with Crippen molar-refractivity contribution in [3.63, 3.8) is 0 Å². The highest BCUT2D eigenvalue weighted by molar-refractivity contribution is 7.15. The summed E-state index contributed by atoms with van der Waals surface area (Å²) in [7, 11) is 0. The number of aryl methyl sites for hydroxylation is 2. The van der Waals surface area contributed by atoms with Gasteiger partial charge in [-0.25, -0.2) is 4.98 Å². The molecule has 0 radical (unpaired) electrons. The molecule has 1 aliphatic carbocycles. The van der Waals surface area contributed by atoms with Gasteiger partial charge in [0.15, 0.2) is 5.13 Å². The number of nitrogens with zero attached hydrogens (tertiary/aromatic N) is 2. The van der Waals surface area contributed by atoms with E-state index >= 15 is 0 Å². The fourth-order valence-electron chi connectivity index (χ4n) is 2.23. The van der Waals surface area contributed by atoms with Crippen LogP contribution in [0.1, 0.15) is 23.4 Å². The summed E-state index contributed by atoms with van der Waals surface area (Å²) in [5, 5.41) is 1.23. The molecule has 1 fully saturated rings. The van der Waals surface area contributed by atoms with Crippen molar-refractivity contribution < 1.29 is 4.74 Å². The maximum absolute atomic E-state index is 5.36. The molecule has 0 amide bonds. The minimum absolute atomic E-state index is 0.851. The average Bonchev–Trinajstić information content (AvgIpc) is 2.74. The van der Waals surface area contributed by atoms with Gasteiger partial charge in [-0.05, 0) is 25.7 Å². The van der Waals surface area contributed by atoms with E-state index in [1.165, 1.54) is 41.4 Å². The van der Waals surface area contributed by atoms with Crippen molar-refractivity contribution in [3.05, 3.63) is 10.6 Å². The molecule has 1 saturated heterocycles. The van der Waals surface area contributed by atoms with Gasteiger partial charge in [0.05, 0.1) is 18.9 Å². The first kappa shape index (κ1) is 9.60. The lowest BCUT2D eigenvalue weighted by atomic mass is 10.0. The topological polar surface area (TPSA) is 25.4 Å². The maximum atomic E-state index is 5.36. The summed E-state index contributed by atoms with van der Waals surface area (Å²) in [5.41, 5.74) is 1.37. The monoisotopic (exact) mass is 224 g/mol. The van der Waals surface area contributed by atoms with Crippen LogP contribution < -0.4 is 4.90 Å². The molecular weight excluding hydrogens is 208 g/mol. The van der Waals surface area contributed by atoms with E-state index in [1.54, 1.807) is 0 Å². The SMILES string of the molecule is C1CCc2sc(N3CCOCC3)nc2C1. The molecule has 1 aliphatic heterocycles. The van der Waals surface area contributed by atoms with E-state index < -0.39 is 0 Å². The Hall–Kier alpha value is -0.610. The van der Waals surface area contributed by atoms with Crippen LogP contribution in [0.5, 0.6) is 0 Å². The van der Waals surface area contributed by atoms with Gasteiger partial charge in [0.1, 0.15) is 0 Å². The van der Waals surface area contributed by atoms with Crippen LogP contribution in [0.4, 0.5) is 5.13 Å². The number of morpholine rings is 1. The Morgan fingerprint density at radius 2 is 1.93 bits per heavy atom. The highest BCUT2D eigenvalue weighted by atomic mass is 32.1. The van der Waals surface area contributed by atoms with Gasteiger partial charge in [-0.2, -0.15) is 0 Å². The summed E-state index contributed by atoms with van der Waals surface area (Å²) in [6.45, 7) is 3.72. The summed E-state index contributed by atoms with van der Waals surface area (Å²) in [6, 6.07) is 0. The van der Waals surface area contributed by atoms with Crippen LogP contribution >= 0.6 is 11.3 Å². The molecular formula is C11H16N2OS. The Labute approximate surface area is 94.1 Å². The van der Waals surface area contributed by atoms with Gasteiger partial charge in [0.2, 0.25) is 0 Å². The zero-order chi connectivity index (χ0) is 10.1. The van der Waals surface area contributed by atoms with Crippen molar-refractivity contribution >= 4 is 16.5 Å². The molecule has 0 aromatic carbocycles. The normalized spacial score (nSPS) is 21.5. The molecule has 3 rings (SSSR count).